The van der Waals surface area contributed by atoms with Gasteiger partial charge in [0.2, 0.25) is 17.8 Å². The van der Waals surface area contributed by atoms with E-state index in [1.54, 1.807) is 17.7 Å². The van der Waals surface area contributed by atoms with Crippen molar-refractivity contribution < 1.29 is 23.6 Å². The number of carbonyl (C=O) groups excluding carboxylic acids is 4. The van der Waals surface area contributed by atoms with E-state index in [0.717, 1.165) is 62.9 Å². The van der Waals surface area contributed by atoms with Gasteiger partial charge in [0.15, 0.2) is 5.78 Å². The number of hydrogen-bond acceptors (Lipinski definition) is 11. The molecule has 3 fully saturated rings. The molecule has 0 radical (unpaired) electrons. The van der Waals surface area contributed by atoms with E-state index in [9.17, 15) is 24.0 Å². The third-order valence-electron chi connectivity index (χ3n) is 11.8. The Balaban J connectivity index is 0.894. The summed E-state index contributed by atoms with van der Waals surface area (Å²) in [4.78, 5) is 82.9. The van der Waals surface area contributed by atoms with Gasteiger partial charge in [-0.3, -0.25) is 38.8 Å². The summed E-state index contributed by atoms with van der Waals surface area (Å²) < 4.78 is 17.0. The standard InChI is InChI=1S/C40H44FN9O5/c1-22-29-19-43-40(46-36(29)50(27-6-4-5-7-27)39(55)34(22)23(2)51)44-32-10-8-28(18-42-32)48-14-12-26(13-15-48)47(3)20-24-16-25-21-49(38(54)35(25)30(41)17-24)31-9-11-33(52)45-37(31)53/h8,10,16-19,26-27,31H,4-7,9,11-15,20-21H2,1-3H3,(H,45,52,53)(H,42,43,44,46). The second kappa shape index (κ2) is 14.6. The van der Waals surface area contributed by atoms with Gasteiger partial charge in [-0.1, -0.05) is 18.9 Å². The largest absolute Gasteiger partial charge is 0.370 e. The van der Waals surface area contributed by atoms with Crippen LogP contribution in [0.4, 0.5) is 21.8 Å². The number of Topliss-reactive ketones (excluding diaryl/α,β-unsaturated/α-hetero) is 1. The van der Waals surface area contributed by atoms with Crippen LogP contribution in [-0.4, -0.2) is 85.0 Å². The Bertz CT molecular complexity index is 2280. The Kier molecular flexibility index (Phi) is 9.65. The van der Waals surface area contributed by atoms with Crippen LogP contribution in [0.2, 0.25) is 0 Å². The first kappa shape index (κ1) is 36.4. The van der Waals surface area contributed by atoms with E-state index < -0.39 is 23.7 Å². The molecule has 3 aromatic heterocycles. The molecule has 3 amide bonds. The average molecular weight is 750 g/mol. The summed E-state index contributed by atoms with van der Waals surface area (Å²) in [5.41, 5.74) is 3.35. The number of benzene rings is 1. The molecule has 286 valence electrons. The van der Waals surface area contributed by atoms with Crippen LogP contribution in [0, 0.1) is 12.7 Å². The summed E-state index contributed by atoms with van der Waals surface area (Å²) in [5.74, 6) is -1.35. The lowest BCUT2D eigenvalue weighted by Gasteiger charge is -2.37. The molecule has 1 saturated carbocycles. The molecule has 55 heavy (non-hydrogen) atoms. The van der Waals surface area contributed by atoms with Crippen molar-refractivity contribution in [3.8, 4) is 0 Å². The van der Waals surface area contributed by atoms with Crippen molar-refractivity contribution in [3.63, 3.8) is 0 Å². The molecule has 1 unspecified atom stereocenters. The zero-order valence-corrected chi connectivity index (χ0v) is 31.2. The van der Waals surface area contributed by atoms with Gasteiger partial charge in [0, 0.05) is 56.3 Å². The number of piperidine rings is 2. The molecular weight excluding hydrogens is 705 g/mol. The van der Waals surface area contributed by atoms with Gasteiger partial charge in [-0.05, 0) is 87.9 Å². The number of pyridine rings is 2. The van der Waals surface area contributed by atoms with Gasteiger partial charge in [-0.2, -0.15) is 4.98 Å². The highest BCUT2D eigenvalue weighted by molar-refractivity contribution is 6.05. The highest BCUT2D eigenvalue weighted by Gasteiger charge is 2.41. The van der Waals surface area contributed by atoms with Crippen LogP contribution < -0.4 is 21.1 Å². The monoisotopic (exact) mass is 749 g/mol. The Hall–Kier alpha value is -5.57. The number of aromatic nitrogens is 4. The van der Waals surface area contributed by atoms with E-state index in [-0.39, 0.29) is 59.8 Å². The van der Waals surface area contributed by atoms with Crippen molar-refractivity contribution in [1.29, 1.82) is 0 Å². The lowest BCUT2D eigenvalue weighted by molar-refractivity contribution is -0.136. The van der Waals surface area contributed by atoms with Crippen LogP contribution in [0.15, 0.2) is 41.5 Å². The van der Waals surface area contributed by atoms with E-state index in [2.05, 4.69) is 30.4 Å². The summed E-state index contributed by atoms with van der Waals surface area (Å²) >= 11 is 0. The Morgan fingerprint density at radius 1 is 1.02 bits per heavy atom. The minimum atomic E-state index is -0.786. The van der Waals surface area contributed by atoms with Crippen molar-refractivity contribution in [2.75, 3.05) is 30.4 Å². The van der Waals surface area contributed by atoms with Gasteiger partial charge in [0.1, 0.15) is 23.3 Å². The molecule has 4 aromatic rings. The summed E-state index contributed by atoms with van der Waals surface area (Å²) in [5, 5.41) is 6.16. The quantitative estimate of drug-likeness (QED) is 0.182. The van der Waals surface area contributed by atoms with Crippen LogP contribution >= 0.6 is 0 Å². The number of nitrogens with zero attached hydrogens (tertiary/aromatic N) is 7. The molecule has 2 saturated heterocycles. The number of carbonyl (C=O) groups is 4. The smallest absolute Gasteiger partial charge is 0.263 e. The maximum atomic E-state index is 15.3. The van der Waals surface area contributed by atoms with Crippen LogP contribution in [0.5, 0.6) is 0 Å². The number of hydrogen-bond donors (Lipinski definition) is 2. The first-order chi connectivity index (χ1) is 26.5. The molecule has 1 aliphatic carbocycles. The van der Waals surface area contributed by atoms with Crippen molar-refractivity contribution in [2.24, 2.45) is 0 Å². The first-order valence-electron chi connectivity index (χ1n) is 19.0. The SMILES string of the molecule is CC(=O)c1c(C)c2cnc(Nc3ccc(N4CCC(N(C)Cc5cc(F)c6c(c5)CN(C5CCC(=O)NC5=O)C6=O)CC4)cn3)nc2n(C2CCCC2)c1=O. The minimum absolute atomic E-state index is 0.00768. The number of imide groups is 1. The molecule has 0 spiro atoms. The predicted octanol–water partition coefficient (Wildman–Crippen LogP) is 4.56. The zero-order valence-electron chi connectivity index (χ0n) is 31.2. The fourth-order valence-corrected chi connectivity index (χ4v) is 8.86. The maximum absolute atomic E-state index is 15.3. The van der Waals surface area contributed by atoms with E-state index in [1.165, 1.54) is 17.9 Å². The normalized spacial score (nSPS) is 19.4. The molecule has 8 rings (SSSR count). The molecule has 3 aliphatic heterocycles. The highest BCUT2D eigenvalue weighted by atomic mass is 19.1. The zero-order chi connectivity index (χ0) is 38.5. The highest BCUT2D eigenvalue weighted by Crippen LogP contribution is 2.33. The number of amides is 3. The Morgan fingerprint density at radius 2 is 1.78 bits per heavy atom. The van der Waals surface area contributed by atoms with Crippen molar-refractivity contribution in [1.82, 2.24) is 34.6 Å². The molecule has 4 aliphatic rings. The molecule has 2 N–H and O–H groups in total. The van der Waals surface area contributed by atoms with Gasteiger partial charge in [-0.25, -0.2) is 14.4 Å². The lowest BCUT2D eigenvalue weighted by Crippen LogP contribution is -2.52. The Labute approximate surface area is 317 Å². The van der Waals surface area contributed by atoms with E-state index >= 15 is 4.39 Å². The van der Waals surface area contributed by atoms with Crippen LogP contribution in [-0.2, 0) is 22.7 Å². The van der Waals surface area contributed by atoms with Gasteiger partial charge >= 0.3 is 0 Å². The molecule has 6 heterocycles. The van der Waals surface area contributed by atoms with Crippen LogP contribution in [0.3, 0.4) is 0 Å². The third-order valence-corrected chi connectivity index (χ3v) is 11.8. The number of rotatable bonds is 9. The second-order valence-corrected chi connectivity index (χ2v) is 15.3. The minimum Gasteiger partial charge on any atom is -0.370 e. The third kappa shape index (κ3) is 6.85. The van der Waals surface area contributed by atoms with Crippen LogP contribution in [0.25, 0.3) is 11.0 Å². The fraction of sp³-hybridized carbons (Fsp3) is 0.450. The number of fused-ring (bicyclic) bond motifs is 2. The van der Waals surface area contributed by atoms with Gasteiger partial charge in [0.05, 0.1) is 23.0 Å². The van der Waals surface area contributed by atoms with Crippen LogP contribution in [0.1, 0.15) is 102 Å². The summed E-state index contributed by atoms with van der Waals surface area (Å²) in [6.45, 7) is 5.47. The van der Waals surface area contributed by atoms with E-state index in [4.69, 9.17) is 4.98 Å². The molecule has 1 atom stereocenters. The van der Waals surface area contributed by atoms with E-state index in [1.807, 2.05) is 31.4 Å². The number of nitrogens with one attached hydrogen (secondary N) is 2. The van der Waals surface area contributed by atoms with Gasteiger partial charge < -0.3 is 15.1 Å². The molecular formula is C40H44FN9O5. The summed E-state index contributed by atoms with van der Waals surface area (Å²) in [6, 6.07) is 6.63. The molecule has 14 nitrogen and oxygen atoms in total. The lowest BCUT2D eigenvalue weighted by atomic mass is 10.0. The summed E-state index contributed by atoms with van der Waals surface area (Å²) in [6.07, 6.45) is 9.44. The topological polar surface area (TPSA) is 163 Å². The van der Waals surface area contributed by atoms with Gasteiger partial charge in [-0.15, -0.1) is 0 Å². The van der Waals surface area contributed by atoms with Crippen molar-refractivity contribution in [2.45, 2.75) is 96.4 Å². The van der Waals surface area contributed by atoms with E-state index in [0.29, 0.717) is 40.5 Å². The number of aryl methyl sites for hydroxylation is 1. The predicted molar refractivity (Wildman–Crippen MR) is 203 cm³/mol. The number of anilines is 3. The fourth-order valence-electron chi connectivity index (χ4n) is 8.86. The Morgan fingerprint density at radius 3 is 2.47 bits per heavy atom. The van der Waals surface area contributed by atoms with Crippen molar-refractivity contribution in [3.05, 3.63) is 80.6 Å². The molecule has 1 aromatic carbocycles. The summed E-state index contributed by atoms with van der Waals surface area (Å²) in [7, 11) is 2.03. The molecule has 15 heteroatoms. The number of ketones is 1. The molecule has 0 bridgehead atoms. The number of halogens is 1. The second-order valence-electron chi connectivity index (χ2n) is 15.3. The first-order valence-corrected chi connectivity index (χ1v) is 19.0. The maximum Gasteiger partial charge on any atom is 0.263 e. The average Bonchev–Trinajstić information content (AvgIpc) is 3.80. The van der Waals surface area contributed by atoms with Crippen molar-refractivity contribution >= 4 is 52.0 Å². The van der Waals surface area contributed by atoms with Gasteiger partial charge in [0.25, 0.3) is 11.5 Å².